The zero-order valence-corrected chi connectivity index (χ0v) is 10.2. The van der Waals surface area contributed by atoms with Crippen molar-refractivity contribution < 1.29 is 9.53 Å². The molecule has 16 heavy (non-hydrogen) atoms. The summed E-state index contributed by atoms with van der Waals surface area (Å²) in [5.74, 6) is 0.631. The Morgan fingerprint density at radius 3 is 3.00 bits per heavy atom. The highest BCUT2D eigenvalue weighted by Gasteiger charge is 2.23. The number of amides is 1. The molecular weight excluding hydrogens is 206 g/mol. The van der Waals surface area contributed by atoms with Crippen molar-refractivity contribution in [3.05, 3.63) is 0 Å². The lowest BCUT2D eigenvalue weighted by Gasteiger charge is -2.18. The van der Waals surface area contributed by atoms with Gasteiger partial charge in [0.15, 0.2) is 0 Å². The normalized spacial score (nSPS) is 23.3. The summed E-state index contributed by atoms with van der Waals surface area (Å²) in [7, 11) is 1.63. The Balaban J connectivity index is 2.19. The standard InChI is InChI=1S/C11H23N3O2/c1-9(8-16-2)13-11(15)7-14-4-3-10(5-12)6-14/h9-10H,3-8,12H2,1-2H3,(H,13,15). The van der Waals surface area contributed by atoms with Gasteiger partial charge in [-0.15, -0.1) is 0 Å². The summed E-state index contributed by atoms with van der Waals surface area (Å²) in [6.45, 7) is 5.62. The van der Waals surface area contributed by atoms with Crippen LogP contribution in [-0.2, 0) is 9.53 Å². The monoisotopic (exact) mass is 229 g/mol. The number of rotatable bonds is 6. The molecule has 1 saturated heterocycles. The number of carbonyl (C=O) groups is 1. The van der Waals surface area contributed by atoms with Crippen LogP contribution < -0.4 is 11.1 Å². The highest BCUT2D eigenvalue weighted by molar-refractivity contribution is 5.78. The van der Waals surface area contributed by atoms with Crippen molar-refractivity contribution in [1.29, 1.82) is 0 Å². The number of ether oxygens (including phenoxy) is 1. The van der Waals surface area contributed by atoms with Gasteiger partial charge in [0.2, 0.25) is 5.91 Å². The number of nitrogens with two attached hydrogens (primary N) is 1. The van der Waals surface area contributed by atoms with E-state index >= 15 is 0 Å². The molecule has 0 spiro atoms. The van der Waals surface area contributed by atoms with Crippen LogP contribution in [0.5, 0.6) is 0 Å². The van der Waals surface area contributed by atoms with Gasteiger partial charge in [0.05, 0.1) is 13.2 Å². The summed E-state index contributed by atoms with van der Waals surface area (Å²) in [6.07, 6.45) is 1.11. The Labute approximate surface area is 97.3 Å². The van der Waals surface area contributed by atoms with E-state index in [1.54, 1.807) is 7.11 Å². The maximum absolute atomic E-state index is 11.6. The Hall–Kier alpha value is -0.650. The van der Waals surface area contributed by atoms with Gasteiger partial charge in [-0.1, -0.05) is 0 Å². The van der Waals surface area contributed by atoms with Gasteiger partial charge in [-0.25, -0.2) is 0 Å². The molecule has 0 aliphatic carbocycles. The number of methoxy groups -OCH3 is 1. The van der Waals surface area contributed by atoms with Crippen LogP contribution in [0.4, 0.5) is 0 Å². The fourth-order valence-corrected chi connectivity index (χ4v) is 2.06. The molecule has 2 atom stereocenters. The lowest BCUT2D eigenvalue weighted by atomic mass is 10.1. The predicted molar refractivity (Wildman–Crippen MR) is 63.1 cm³/mol. The maximum atomic E-state index is 11.6. The Morgan fingerprint density at radius 2 is 2.44 bits per heavy atom. The van der Waals surface area contributed by atoms with E-state index in [0.29, 0.717) is 19.1 Å². The van der Waals surface area contributed by atoms with E-state index < -0.39 is 0 Å². The number of nitrogens with zero attached hydrogens (tertiary/aromatic N) is 1. The number of nitrogens with one attached hydrogen (secondary N) is 1. The zero-order chi connectivity index (χ0) is 12.0. The molecule has 3 N–H and O–H groups in total. The number of hydrogen-bond acceptors (Lipinski definition) is 4. The third-order valence-electron chi connectivity index (χ3n) is 2.89. The van der Waals surface area contributed by atoms with Crippen molar-refractivity contribution in [1.82, 2.24) is 10.2 Å². The second-order valence-corrected chi connectivity index (χ2v) is 4.55. The number of hydrogen-bond donors (Lipinski definition) is 2. The van der Waals surface area contributed by atoms with Gasteiger partial charge in [0, 0.05) is 19.7 Å². The molecule has 0 radical (unpaired) electrons. The van der Waals surface area contributed by atoms with Crippen LogP contribution in [0, 0.1) is 5.92 Å². The van der Waals surface area contributed by atoms with E-state index in [4.69, 9.17) is 10.5 Å². The van der Waals surface area contributed by atoms with E-state index in [1.165, 1.54) is 0 Å². The molecule has 0 aromatic heterocycles. The molecule has 1 rings (SSSR count). The molecule has 94 valence electrons. The molecule has 1 heterocycles. The van der Waals surface area contributed by atoms with Gasteiger partial charge in [0.1, 0.15) is 0 Å². The van der Waals surface area contributed by atoms with Crippen LogP contribution in [0.15, 0.2) is 0 Å². The second kappa shape index (κ2) is 6.83. The Bertz CT molecular complexity index is 223. The number of likely N-dealkylation sites (tertiary alicyclic amines) is 1. The minimum absolute atomic E-state index is 0.0715. The quantitative estimate of drug-likeness (QED) is 0.639. The van der Waals surface area contributed by atoms with Crippen LogP contribution in [-0.4, -0.2) is 56.7 Å². The first-order valence-corrected chi connectivity index (χ1v) is 5.86. The van der Waals surface area contributed by atoms with Crippen LogP contribution >= 0.6 is 0 Å². The molecule has 5 nitrogen and oxygen atoms in total. The summed E-state index contributed by atoms with van der Waals surface area (Å²) < 4.78 is 4.96. The summed E-state index contributed by atoms with van der Waals surface area (Å²) in [4.78, 5) is 13.8. The molecule has 0 aromatic carbocycles. The van der Waals surface area contributed by atoms with Gasteiger partial charge < -0.3 is 15.8 Å². The highest BCUT2D eigenvalue weighted by Crippen LogP contribution is 2.13. The summed E-state index contributed by atoms with van der Waals surface area (Å²) >= 11 is 0. The minimum Gasteiger partial charge on any atom is -0.383 e. The lowest BCUT2D eigenvalue weighted by molar-refractivity contribution is -0.123. The highest BCUT2D eigenvalue weighted by atomic mass is 16.5. The summed E-state index contributed by atoms with van der Waals surface area (Å²) in [5.41, 5.74) is 5.60. The summed E-state index contributed by atoms with van der Waals surface area (Å²) in [5, 5.41) is 2.90. The molecule has 5 heteroatoms. The fourth-order valence-electron chi connectivity index (χ4n) is 2.06. The third kappa shape index (κ3) is 4.47. The van der Waals surface area contributed by atoms with Crippen molar-refractivity contribution in [3.8, 4) is 0 Å². The van der Waals surface area contributed by atoms with Crippen LogP contribution in [0.2, 0.25) is 0 Å². The smallest absolute Gasteiger partial charge is 0.234 e. The molecule has 1 amide bonds. The Kier molecular flexibility index (Phi) is 5.73. The molecule has 0 bridgehead atoms. The zero-order valence-electron chi connectivity index (χ0n) is 10.2. The minimum atomic E-state index is 0.0715. The largest absolute Gasteiger partial charge is 0.383 e. The molecule has 0 aromatic rings. The van der Waals surface area contributed by atoms with Crippen molar-refractivity contribution in [2.45, 2.75) is 19.4 Å². The second-order valence-electron chi connectivity index (χ2n) is 4.55. The summed E-state index contributed by atoms with van der Waals surface area (Å²) in [6, 6.07) is 0.0745. The fraction of sp³-hybridized carbons (Fsp3) is 0.909. The first kappa shape index (κ1) is 13.4. The van der Waals surface area contributed by atoms with Crippen LogP contribution in [0.3, 0.4) is 0 Å². The van der Waals surface area contributed by atoms with E-state index in [9.17, 15) is 4.79 Å². The van der Waals surface area contributed by atoms with E-state index in [2.05, 4.69) is 10.2 Å². The SMILES string of the molecule is COCC(C)NC(=O)CN1CCC(CN)C1. The van der Waals surface area contributed by atoms with Gasteiger partial charge in [-0.3, -0.25) is 9.69 Å². The molecular formula is C11H23N3O2. The van der Waals surface area contributed by atoms with Crippen LogP contribution in [0.25, 0.3) is 0 Å². The van der Waals surface area contributed by atoms with Crippen molar-refractivity contribution in [2.24, 2.45) is 11.7 Å². The molecule has 1 aliphatic rings. The average Bonchev–Trinajstić information content (AvgIpc) is 2.65. The average molecular weight is 229 g/mol. The number of carbonyl (C=O) groups excluding carboxylic acids is 1. The maximum Gasteiger partial charge on any atom is 0.234 e. The van der Waals surface area contributed by atoms with Crippen molar-refractivity contribution >= 4 is 5.91 Å². The molecule has 2 unspecified atom stereocenters. The first-order chi connectivity index (χ1) is 7.65. The van der Waals surface area contributed by atoms with Crippen molar-refractivity contribution in [3.63, 3.8) is 0 Å². The van der Waals surface area contributed by atoms with E-state index in [0.717, 1.165) is 26.1 Å². The van der Waals surface area contributed by atoms with Crippen molar-refractivity contribution in [2.75, 3.05) is 39.9 Å². The van der Waals surface area contributed by atoms with Gasteiger partial charge in [-0.05, 0) is 32.4 Å². The van der Waals surface area contributed by atoms with E-state index in [-0.39, 0.29) is 11.9 Å². The predicted octanol–water partition coefficient (Wildman–Crippen LogP) is -0.582. The van der Waals surface area contributed by atoms with Gasteiger partial charge >= 0.3 is 0 Å². The lowest BCUT2D eigenvalue weighted by Crippen LogP contribution is -2.42. The molecule has 1 fully saturated rings. The molecule has 1 aliphatic heterocycles. The topological polar surface area (TPSA) is 67.6 Å². The molecule has 0 saturated carbocycles. The van der Waals surface area contributed by atoms with Gasteiger partial charge in [-0.2, -0.15) is 0 Å². The van der Waals surface area contributed by atoms with Crippen LogP contribution in [0.1, 0.15) is 13.3 Å². The third-order valence-corrected chi connectivity index (χ3v) is 2.89. The van der Waals surface area contributed by atoms with Gasteiger partial charge in [0.25, 0.3) is 0 Å². The first-order valence-electron chi connectivity index (χ1n) is 5.86. The Morgan fingerprint density at radius 1 is 1.69 bits per heavy atom. The van der Waals surface area contributed by atoms with E-state index in [1.807, 2.05) is 6.92 Å².